The molecule has 0 aliphatic carbocycles. The Morgan fingerprint density at radius 2 is 2.16 bits per heavy atom. The average molecular weight is 263 g/mol. The van der Waals surface area contributed by atoms with Crippen LogP contribution in [0.4, 0.5) is 0 Å². The third-order valence-electron chi connectivity index (χ3n) is 3.12. The molecule has 1 fully saturated rings. The first-order valence-electron chi connectivity index (χ1n) is 6.75. The molecule has 0 bridgehead atoms. The predicted octanol–water partition coefficient (Wildman–Crippen LogP) is 1.95. The number of nitrogens with zero attached hydrogens (tertiary/aromatic N) is 1. The first-order valence-corrected chi connectivity index (χ1v) is 6.75. The Kier molecular flexibility index (Phi) is 4.80. The van der Waals surface area contributed by atoms with E-state index in [4.69, 9.17) is 9.47 Å². The summed E-state index contributed by atoms with van der Waals surface area (Å²) in [5, 5.41) is 0. The normalized spacial score (nSPS) is 19.5. The second-order valence-corrected chi connectivity index (χ2v) is 5.06. The number of hydrogen-bond acceptors (Lipinski definition) is 3. The molecule has 1 unspecified atom stereocenters. The lowest BCUT2D eigenvalue weighted by Gasteiger charge is -2.33. The molecule has 1 heterocycles. The van der Waals surface area contributed by atoms with Gasteiger partial charge in [0.05, 0.1) is 13.2 Å². The smallest absolute Gasteiger partial charge is 0.225 e. The third-order valence-corrected chi connectivity index (χ3v) is 3.12. The van der Waals surface area contributed by atoms with Gasteiger partial charge in [0.15, 0.2) is 0 Å². The number of para-hydroxylation sites is 1. The summed E-state index contributed by atoms with van der Waals surface area (Å²) in [6.07, 6.45) is -0.0448. The van der Waals surface area contributed by atoms with E-state index in [9.17, 15) is 4.79 Å². The number of benzene rings is 1. The number of hydrogen-bond donors (Lipinski definition) is 0. The van der Waals surface area contributed by atoms with Crippen LogP contribution in [-0.2, 0) is 9.53 Å². The van der Waals surface area contributed by atoms with Crippen molar-refractivity contribution in [3.05, 3.63) is 30.3 Å². The van der Waals surface area contributed by atoms with Gasteiger partial charge < -0.3 is 14.4 Å². The van der Waals surface area contributed by atoms with E-state index >= 15 is 0 Å². The molecular weight excluding hydrogens is 242 g/mol. The van der Waals surface area contributed by atoms with Crippen molar-refractivity contribution >= 4 is 5.91 Å². The van der Waals surface area contributed by atoms with Crippen LogP contribution in [0.2, 0.25) is 0 Å². The Morgan fingerprint density at radius 1 is 1.42 bits per heavy atom. The van der Waals surface area contributed by atoms with Gasteiger partial charge in [0.25, 0.3) is 0 Å². The molecule has 0 spiro atoms. The fourth-order valence-corrected chi connectivity index (χ4v) is 2.09. The second kappa shape index (κ2) is 6.57. The lowest BCUT2D eigenvalue weighted by molar-refractivity contribution is -0.143. The average Bonchev–Trinajstić information content (AvgIpc) is 2.45. The minimum atomic E-state index is -0.0448. The fraction of sp³-hybridized carbons (Fsp3) is 0.533. The van der Waals surface area contributed by atoms with Gasteiger partial charge in [-0.1, -0.05) is 32.0 Å². The van der Waals surface area contributed by atoms with Crippen molar-refractivity contribution in [1.29, 1.82) is 0 Å². The van der Waals surface area contributed by atoms with Crippen molar-refractivity contribution in [2.45, 2.75) is 20.0 Å². The number of ether oxygens (including phenoxy) is 2. The van der Waals surface area contributed by atoms with Crippen molar-refractivity contribution in [2.24, 2.45) is 5.92 Å². The van der Waals surface area contributed by atoms with Gasteiger partial charge in [-0.3, -0.25) is 4.79 Å². The number of amides is 1. The zero-order valence-corrected chi connectivity index (χ0v) is 11.5. The van der Waals surface area contributed by atoms with E-state index < -0.39 is 0 Å². The van der Waals surface area contributed by atoms with Crippen molar-refractivity contribution < 1.29 is 14.3 Å². The maximum absolute atomic E-state index is 11.9. The Hall–Kier alpha value is -1.55. The van der Waals surface area contributed by atoms with E-state index in [1.165, 1.54) is 0 Å². The zero-order valence-electron chi connectivity index (χ0n) is 11.5. The van der Waals surface area contributed by atoms with Gasteiger partial charge in [-0.2, -0.15) is 0 Å². The molecule has 4 heteroatoms. The molecule has 19 heavy (non-hydrogen) atoms. The lowest BCUT2D eigenvalue weighted by Crippen LogP contribution is -2.48. The Bertz CT molecular complexity index is 405. The number of rotatable bonds is 4. The summed E-state index contributed by atoms with van der Waals surface area (Å²) in [6, 6.07) is 9.66. The minimum absolute atomic E-state index is 0.0359. The minimum Gasteiger partial charge on any atom is -0.491 e. The van der Waals surface area contributed by atoms with Gasteiger partial charge in [-0.25, -0.2) is 0 Å². The van der Waals surface area contributed by atoms with Gasteiger partial charge >= 0.3 is 0 Å². The molecular formula is C15H21NO3. The van der Waals surface area contributed by atoms with E-state index in [2.05, 4.69) is 0 Å². The molecule has 2 rings (SSSR count). The van der Waals surface area contributed by atoms with E-state index in [0.717, 1.165) is 5.75 Å². The molecule has 1 aliphatic rings. The number of carbonyl (C=O) groups is 1. The van der Waals surface area contributed by atoms with Gasteiger partial charge in [-0.05, 0) is 12.1 Å². The van der Waals surface area contributed by atoms with Crippen molar-refractivity contribution in [3.8, 4) is 5.75 Å². The largest absolute Gasteiger partial charge is 0.491 e. The highest BCUT2D eigenvalue weighted by Crippen LogP contribution is 2.13. The van der Waals surface area contributed by atoms with Crippen LogP contribution in [0.25, 0.3) is 0 Å². The molecule has 1 amide bonds. The summed E-state index contributed by atoms with van der Waals surface area (Å²) >= 11 is 0. The van der Waals surface area contributed by atoms with Crippen LogP contribution >= 0.6 is 0 Å². The van der Waals surface area contributed by atoms with E-state index in [1.807, 2.05) is 49.1 Å². The SMILES string of the molecule is CC(C)C(=O)N1CCOC(COc2ccccc2)C1. The molecule has 0 aromatic heterocycles. The van der Waals surface area contributed by atoms with Gasteiger partial charge in [-0.15, -0.1) is 0 Å². The molecule has 1 aromatic carbocycles. The van der Waals surface area contributed by atoms with Gasteiger partial charge in [0.1, 0.15) is 18.5 Å². The molecule has 1 aromatic rings. The highest BCUT2D eigenvalue weighted by atomic mass is 16.5. The molecule has 0 radical (unpaired) electrons. The van der Waals surface area contributed by atoms with Gasteiger partial charge in [0, 0.05) is 12.5 Å². The standard InChI is InChI=1S/C15H21NO3/c1-12(2)15(17)16-8-9-18-14(10-16)11-19-13-6-4-3-5-7-13/h3-7,12,14H,8-11H2,1-2H3. The molecule has 104 valence electrons. The summed E-state index contributed by atoms with van der Waals surface area (Å²) in [5.41, 5.74) is 0. The molecule has 4 nitrogen and oxygen atoms in total. The quantitative estimate of drug-likeness (QED) is 0.833. The van der Waals surface area contributed by atoms with Crippen LogP contribution in [0.15, 0.2) is 30.3 Å². The fourth-order valence-electron chi connectivity index (χ4n) is 2.09. The Labute approximate surface area is 114 Å². The third kappa shape index (κ3) is 3.96. The summed E-state index contributed by atoms with van der Waals surface area (Å²) in [6.45, 7) is 6.20. The van der Waals surface area contributed by atoms with Crippen molar-refractivity contribution in [2.75, 3.05) is 26.3 Å². The Balaban J connectivity index is 1.83. The van der Waals surface area contributed by atoms with Crippen LogP contribution in [-0.4, -0.2) is 43.2 Å². The van der Waals surface area contributed by atoms with E-state index in [1.54, 1.807) is 0 Å². The van der Waals surface area contributed by atoms with Crippen LogP contribution in [0.5, 0.6) is 5.75 Å². The van der Waals surface area contributed by atoms with Crippen molar-refractivity contribution in [1.82, 2.24) is 4.90 Å². The number of morpholine rings is 1. The second-order valence-electron chi connectivity index (χ2n) is 5.06. The highest BCUT2D eigenvalue weighted by Gasteiger charge is 2.25. The highest BCUT2D eigenvalue weighted by molar-refractivity contribution is 5.78. The monoisotopic (exact) mass is 263 g/mol. The van der Waals surface area contributed by atoms with E-state index in [0.29, 0.717) is 26.3 Å². The van der Waals surface area contributed by atoms with Crippen LogP contribution in [0, 0.1) is 5.92 Å². The van der Waals surface area contributed by atoms with E-state index in [-0.39, 0.29) is 17.9 Å². The summed E-state index contributed by atoms with van der Waals surface area (Å²) in [5.74, 6) is 1.06. The summed E-state index contributed by atoms with van der Waals surface area (Å²) in [7, 11) is 0. The summed E-state index contributed by atoms with van der Waals surface area (Å²) in [4.78, 5) is 13.8. The maximum Gasteiger partial charge on any atom is 0.225 e. The summed E-state index contributed by atoms with van der Waals surface area (Å²) < 4.78 is 11.3. The Morgan fingerprint density at radius 3 is 2.84 bits per heavy atom. The molecule has 1 aliphatic heterocycles. The zero-order chi connectivity index (χ0) is 13.7. The molecule has 1 atom stereocenters. The molecule has 0 saturated carbocycles. The lowest BCUT2D eigenvalue weighted by atomic mass is 10.1. The number of carbonyl (C=O) groups excluding carboxylic acids is 1. The van der Waals surface area contributed by atoms with Crippen LogP contribution in [0.1, 0.15) is 13.8 Å². The van der Waals surface area contributed by atoms with Crippen molar-refractivity contribution in [3.63, 3.8) is 0 Å². The molecule has 1 saturated heterocycles. The first-order chi connectivity index (χ1) is 9.16. The molecule has 0 N–H and O–H groups in total. The topological polar surface area (TPSA) is 38.8 Å². The van der Waals surface area contributed by atoms with Crippen LogP contribution < -0.4 is 4.74 Å². The van der Waals surface area contributed by atoms with Crippen LogP contribution in [0.3, 0.4) is 0 Å². The van der Waals surface area contributed by atoms with Gasteiger partial charge in [0.2, 0.25) is 5.91 Å². The maximum atomic E-state index is 11.9. The predicted molar refractivity (Wildman–Crippen MR) is 73.1 cm³/mol. The first kappa shape index (κ1) is 13.9.